The molecule has 2 aromatic carbocycles. The highest BCUT2D eigenvalue weighted by molar-refractivity contribution is 6.31. The van der Waals surface area contributed by atoms with Gasteiger partial charge in [-0.2, -0.15) is 4.99 Å². The van der Waals surface area contributed by atoms with Crippen LogP contribution in [0.2, 0.25) is 5.02 Å². The van der Waals surface area contributed by atoms with Crippen LogP contribution in [0, 0.1) is 13.5 Å². The van der Waals surface area contributed by atoms with Crippen molar-refractivity contribution in [3.63, 3.8) is 0 Å². The van der Waals surface area contributed by atoms with Crippen LogP contribution in [0.25, 0.3) is 16.0 Å². The van der Waals surface area contributed by atoms with Crippen LogP contribution in [0.3, 0.4) is 0 Å². The first kappa shape index (κ1) is 16.3. The molecule has 0 aliphatic rings. The second kappa shape index (κ2) is 6.38. The minimum absolute atomic E-state index is 0.141. The van der Waals surface area contributed by atoms with Crippen LogP contribution >= 0.6 is 11.6 Å². The predicted molar refractivity (Wildman–Crippen MR) is 89.7 cm³/mol. The molecule has 0 spiro atoms. The molecule has 0 bridgehead atoms. The Morgan fingerprint density at radius 2 is 2.00 bits per heavy atom. The first-order valence-electron chi connectivity index (χ1n) is 6.49. The number of carbonyl (C=O) groups excluding carboxylic acids is 1. The minimum Gasteiger partial charge on any atom is -0.507 e. The maximum atomic E-state index is 12.3. The highest BCUT2D eigenvalue weighted by Gasteiger charge is 2.22. The fourth-order valence-electron chi connectivity index (χ4n) is 2.20. The molecular formula is C16H13ClN4O2. The molecule has 116 valence electrons. The van der Waals surface area contributed by atoms with E-state index in [9.17, 15) is 9.90 Å². The number of halogens is 1. The van der Waals surface area contributed by atoms with Crippen molar-refractivity contribution >= 4 is 29.2 Å². The van der Waals surface area contributed by atoms with Crippen molar-refractivity contribution in [3.8, 4) is 16.9 Å². The van der Waals surface area contributed by atoms with E-state index in [2.05, 4.69) is 9.84 Å². The smallest absolute Gasteiger partial charge is 0.283 e. The van der Waals surface area contributed by atoms with Crippen molar-refractivity contribution in [1.82, 2.24) is 0 Å². The number of aryl methyl sites for hydroxylation is 1. The van der Waals surface area contributed by atoms with Crippen molar-refractivity contribution in [2.75, 3.05) is 0 Å². The Hall–Kier alpha value is -3.04. The number of benzene rings is 2. The third kappa shape index (κ3) is 3.25. The summed E-state index contributed by atoms with van der Waals surface area (Å²) in [6, 6.07) is 7.74. The van der Waals surface area contributed by atoms with Crippen molar-refractivity contribution in [3.05, 3.63) is 57.9 Å². The molecule has 2 aromatic rings. The van der Waals surface area contributed by atoms with Crippen molar-refractivity contribution < 1.29 is 9.90 Å². The lowest BCUT2D eigenvalue weighted by Gasteiger charge is -2.14. The average Bonchev–Trinajstić information content (AvgIpc) is 2.48. The Kier molecular flexibility index (Phi) is 4.53. The van der Waals surface area contributed by atoms with Gasteiger partial charge in [0.25, 0.3) is 5.91 Å². The molecule has 0 aliphatic heterocycles. The highest BCUT2D eigenvalue weighted by atomic mass is 35.5. The number of aliphatic imine (C=N–C) groups is 1. The minimum atomic E-state index is -0.831. The van der Waals surface area contributed by atoms with E-state index in [4.69, 9.17) is 29.6 Å². The standard InChI is InChI=1S/C16H13ClN4O2/c1-8-3-4-9(17)7-10(8)13-11(20-2)5-6-12(22)14(13)15(23)21-16(18)19/h3-7,22H,1H3,(H4,18,19,21,23). The predicted octanol–water partition coefficient (Wildman–Crippen LogP) is 2.99. The maximum absolute atomic E-state index is 12.3. The monoisotopic (exact) mass is 328 g/mol. The Bertz CT molecular complexity index is 865. The summed E-state index contributed by atoms with van der Waals surface area (Å²) in [5, 5.41) is 10.5. The molecule has 0 aromatic heterocycles. The lowest BCUT2D eigenvalue weighted by molar-refractivity contribution is 0.100. The number of rotatable bonds is 2. The topological polar surface area (TPSA) is 106 Å². The van der Waals surface area contributed by atoms with Gasteiger partial charge in [0.1, 0.15) is 5.75 Å². The molecule has 7 heteroatoms. The second-order valence-electron chi connectivity index (χ2n) is 4.77. The van der Waals surface area contributed by atoms with E-state index in [1.54, 1.807) is 25.1 Å². The number of hydrogen-bond donors (Lipinski definition) is 3. The molecule has 0 heterocycles. The van der Waals surface area contributed by atoms with Gasteiger partial charge in [0.15, 0.2) is 11.6 Å². The molecule has 6 nitrogen and oxygen atoms in total. The van der Waals surface area contributed by atoms with Gasteiger partial charge in [-0.3, -0.25) is 4.79 Å². The first-order valence-corrected chi connectivity index (χ1v) is 6.87. The molecule has 0 radical (unpaired) electrons. The molecular weight excluding hydrogens is 316 g/mol. The SMILES string of the molecule is [C-]#[N+]c1ccc(O)c(C(=O)N=C(N)N)c1-c1cc(Cl)ccc1C. The number of amides is 1. The van der Waals surface area contributed by atoms with Crippen LogP contribution in [0.4, 0.5) is 5.69 Å². The van der Waals surface area contributed by atoms with Crippen LogP contribution in [-0.4, -0.2) is 17.0 Å². The van der Waals surface area contributed by atoms with Gasteiger partial charge in [-0.15, -0.1) is 0 Å². The quantitative estimate of drug-likeness (QED) is 0.447. The van der Waals surface area contributed by atoms with Gasteiger partial charge in [-0.25, -0.2) is 4.85 Å². The molecule has 1 amide bonds. The van der Waals surface area contributed by atoms with E-state index in [0.717, 1.165) is 5.56 Å². The Labute approximate surface area is 137 Å². The van der Waals surface area contributed by atoms with E-state index in [1.807, 2.05) is 0 Å². The zero-order valence-electron chi connectivity index (χ0n) is 12.2. The number of guanidine groups is 1. The summed E-state index contributed by atoms with van der Waals surface area (Å²) in [6.07, 6.45) is 0. The summed E-state index contributed by atoms with van der Waals surface area (Å²) in [5.74, 6) is -1.58. The van der Waals surface area contributed by atoms with E-state index >= 15 is 0 Å². The first-order chi connectivity index (χ1) is 10.8. The number of phenols is 1. The summed E-state index contributed by atoms with van der Waals surface area (Å²) >= 11 is 6.03. The zero-order chi connectivity index (χ0) is 17.1. The van der Waals surface area contributed by atoms with Gasteiger partial charge in [-0.1, -0.05) is 23.7 Å². The van der Waals surface area contributed by atoms with Gasteiger partial charge in [-0.05, 0) is 36.2 Å². The largest absolute Gasteiger partial charge is 0.507 e. The van der Waals surface area contributed by atoms with E-state index in [0.29, 0.717) is 10.6 Å². The van der Waals surface area contributed by atoms with Gasteiger partial charge < -0.3 is 16.6 Å². The molecule has 0 saturated heterocycles. The number of aromatic hydroxyl groups is 1. The van der Waals surface area contributed by atoms with Gasteiger partial charge >= 0.3 is 0 Å². The second-order valence-corrected chi connectivity index (χ2v) is 5.20. The maximum Gasteiger partial charge on any atom is 0.283 e. The molecule has 23 heavy (non-hydrogen) atoms. The number of phenolic OH excluding ortho intramolecular Hbond substituents is 1. The number of nitrogens with two attached hydrogens (primary N) is 2. The van der Waals surface area contributed by atoms with Gasteiger partial charge in [0.2, 0.25) is 0 Å². The number of nitrogens with zero attached hydrogens (tertiary/aromatic N) is 2. The van der Waals surface area contributed by atoms with E-state index in [-0.39, 0.29) is 22.6 Å². The number of hydrogen-bond acceptors (Lipinski definition) is 2. The van der Waals surface area contributed by atoms with E-state index < -0.39 is 11.9 Å². The molecule has 0 aliphatic carbocycles. The Morgan fingerprint density at radius 3 is 2.61 bits per heavy atom. The zero-order valence-corrected chi connectivity index (χ0v) is 12.9. The fraction of sp³-hybridized carbons (Fsp3) is 0.0625. The average molecular weight is 329 g/mol. The third-order valence-corrected chi connectivity index (χ3v) is 3.43. The van der Waals surface area contributed by atoms with Crippen LogP contribution in [0.1, 0.15) is 15.9 Å². The molecule has 0 unspecified atom stereocenters. The Balaban J connectivity index is 2.88. The summed E-state index contributed by atoms with van der Waals surface area (Å²) < 4.78 is 0. The molecule has 0 atom stereocenters. The normalized spacial score (nSPS) is 9.96. The highest BCUT2D eigenvalue weighted by Crippen LogP contribution is 2.41. The van der Waals surface area contributed by atoms with Crippen molar-refractivity contribution in [1.29, 1.82) is 0 Å². The number of carbonyl (C=O) groups is 1. The van der Waals surface area contributed by atoms with Crippen LogP contribution < -0.4 is 11.5 Å². The van der Waals surface area contributed by atoms with Crippen molar-refractivity contribution in [2.45, 2.75) is 6.92 Å². The summed E-state index contributed by atoms with van der Waals surface area (Å²) in [5.41, 5.74) is 12.1. The van der Waals surface area contributed by atoms with Crippen molar-refractivity contribution in [2.24, 2.45) is 16.5 Å². The summed E-state index contributed by atoms with van der Waals surface area (Å²) in [7, 11) is 0. The molecule has 0 fully saturated rings. The Morgan fingerprint density at radius 1 is 1.30 bits per heavy atom. The van der Waals surface area contributed by atoms with Crippen LogP contribution in [-0.2, 0) is 0 Å². The third-order valence-electron chi connectivity index (χ3n) is 3.20. The van der Waals surface area contributed by atoms with Gasteiger partial charge in [0.05, 0.1) is 12.1 Å². The lowest BCUT2D eigenvalue weighted by Crippen LogP contribution is -2.24. The van der Waals surface area contributed by atoms with Crippen LogP contribution in [0.5, 0.6) is 5.75 Å². The molecule has 2 rings (SSSR count). The van der Waals surface area contributed by atoms with Crippen LogP contribution in [0.15, 0.2) is 35.3 Å². The molecule has 0 saturated carbocycles. The summed E-state index contributed by atoms with van der Waals surface area (Å²) in [4.78, 5) is 19.2. The van der Waals surface area contributed by atoms with Gasteiger partial charge in [0, 0.05) is 10.6 Å². The summed E-state index contributed by atoms with van der Waals surface area (Å²) in [6.45, 7) is 9.13. The molecule has 5 N–H and O–H groups in total. The lowest BCUT2D eigenvalue weighted by atomic mass is 9.93. The van der Waals surface area contributed by atoms with E-state index in [1.165, 1.54) is 12.1 Å². The fourth-order valence-corrected chi connectivity index (χ4v) is 2.37.